The largest absolute Gasteiger partial charge is 0.488 e. The van der Waals surface area contributed by atoms with Crippen molar-refractivity contribution in [2.24, 2.45) is 0 Å². The molecule has 28 heavy (non-hydrogen) atoms. The third-order valence-corrected chi connectivity index (χ3v) is 4.43. The Hall–Kier alpha value is -2.41. The number of benzene rings is 4. The van der Waals surface area contributed by atoms with Crippen molar-refractivity contribution in [1.82, 2.24) is 0 Å². The zero-order valence-corrected chi connectivity index (χ0v) is 17.6. The molecule has 0 saturated carbocycles. The van der Waals surface area contributed by atoms with E-state index in [9.17, 15) is 0 Å². The van der Waals surface area contributed by atoms with Crippen LogP contribution in [-0.4, -0.2) is 17.2 Å². The van der Waals surface area contributed by atoms with Gasteiger partial charge in [-0.2, -0.15) is 0 Å². The van der Waals surface area contributed by atoms with Crippen LogP contribution in [0.1, 0.15) is 0 Å². The smallest absolute Gasteiger partial charge is 0.423 e. The molecule has 2 N–H and O–H groups in total. The van der Waals surface area contributed by atoms with Crippen molar-refractivity contribution in [3.8, 4) is 11.1 Å². The summed E-state index contributed by atoms with van der Waals surface area (Å²) in [6.07, 6.45) is 0. The predicted octanol–water partition coefficient (Wildman–Crippen LogP) is 5.01. The van der Waals surface area contributed by atoms with Crippen LogP contribution in [0.5, 0.6) is 0 Å². The van der Waals surface area contributed by atoms with E-state index in [0.29, 0.717) is 5.46 Å². The van der Waals surface area contributed by atoms with Gasteiger partial charge in [-0.05, 0) is 51.3 Å². The fraction of sp³-hybridized carbons (Fsp3) is 0. The first-order valence-corrected chi connectivity index (χ1v) is 9.97. The number of hydrogen-bond acceptors (Lipinski definition) is 2. The van der Waals surface area contributed by atoms with Gasteiger partial charge in [-0.15, -0.1) is 0 Å². The Bertz CT molecular complexity index is 849. The Morgan fingerprint density at radius 1 is 0.464 bits per heavy atom. The summed E-state index contributed by atoms with van der Waals surface area (Å²) in [4.78, 5) is 0. The van der Waals surface area contributed by atoms with E-state index >= 15 is 0 Å². The zero-order valence-electron chi connectivity index (χ0n) is 15.4. The average Bonchev–Trinajstić information content (AvgIpc) is 2.77. The molecule has 0 amide bonds. The van der Waals surface area contributed by atoms with E-state index in [-0.39, 0.29) is 0 Å². The van der Waals surface area contributed by atoms with Gasteiger partial charge in [0, 0.05) is 3.57 Å². The highest BCUT2D eigenvalue weighted by Crippen LogP contribution is 2.17. The van der Waals surface area contributed by atoms with E-state index in [0.717, 1.165) is 0 Å². The molecule has 0 unspecified atom stereocenters. The van der Waals surface area contributed by atoms with Crippen molar-refractivity contribution in [1.29, 1.82) is 0 Å². The summed E-state index contributed by atoms with van der Waals surface area (Å²) in [7, 11) is -1.34. The molecule has 4 rings (SSSR count). The number of rotatable bonds is 2. The first-order chi connectivity index (χ1) is 13.7. The second kappa shape index (κ2) is 12.9. The summed E-state index contributed by atoms with van der Waals surface area (Å²) in [5, 5.41) is 17.2. The van der Waals surface area contributed by atoms with E-state index in [2.05, 4.69) is 83.3 Å². The Morgan fingerprint density at radius 2 is 0.786 bits per heavy atom. The molecule has 4 aromatic rings. The SMILES string of the molecule is Ic1ccccc1.OB(O)c1ccccc1.c1ccc(-c2ccccc2)cc1. The molecule has 0 atom stereocenters. The normalized spacial score (nSPS) is 9.25. The topological polar surface area (TPSA) is 40.5 Å². The van der Waals surface area contributed by atoms with Crippen LogP contribution in [0.3, 0.4) is 0 Å². The molecule has 4 heteroatoms. The Balaban J connectivity index is 0.000000157. The molecular formula is C24H22BIO2. The first kappa shape index (κ1) is 21.9. The van der Waals surface area contributed by atoms with Gasteiger partial charge in [0.25, 0.3) is 0 Å². The standard InChI is InChI=1S/C12H10.C6H7BO2.C6H5I/c1-3-7-11(8-4-1)12-9-5-2-6-10-12;8-7(9)6-4-2-1-3-5-6;7-6-4-2-1-3-5-6/h1-10H;1-5,8-9H;1-5H. The molecule has 0 saturated heterocycles. The van der Waals surface area contributed by atoms with Gasteiger partial charge in [-0.3, -0.25) is 0 Å². The molecular weight excluding hydrogens is 458 g/mol. The lowest BCUT2D eigenvalue weighted by Crippen LogP contribution is -2.29. The van der Waals surface area contributed by atoms with Gasteiger partial charge < -0.3 is 10.0 Å². The lowest BCUT2D eigenvalue weighted by molar-refractivity contribution is 0.426. The van der Waals surface area contributed by atoms with Crippen LogP contribution in [0.4, 0.5) is 0 Å². The molecule has 140 valence electrons. The van der Waals surface area contributed by atoms with Crippen molar-refractivity contribution in [2.45, 2.75) is 0 Å². The zero-order chi connectivity index (χ0) is 20.0. The highest BCUT2D eigenvalue weighted by atomic mass is 127. The fourth-order valence-corrected chi connectivity index (χ4v) is 2.72. The van der Waals surface area contributed by atoms with Crippen LogP contribution in [0.25, 0.3) is 11.1 Å². The summed E-state index contributed by atoms with van der Waals surface area (Å²) in [6, 6.07) is 39.7. The molecule has 0 aliphatic rings. The highest BCUT2D eigenvalue weighted by molar-refractivity contribution is 14.1. The van der Waals surface area contributed by atoms with Gasteiger partial charge in [-0.1, -0.05) is 109 Å². The van der Waals surface area contributed by atoms with E-state index in [1.54, 1.807) is 24.3 Å². The third-order valence-electron chi connectivity index (χ3n) is 3.71. The van der Waals surface area contributed by atoms with Gasteiger partial charge in [0.05, 0.1) is 0 Å². The lowest BCUT2D eigenvalue weighted by atomic mass is 9.81. The number of halogens is 1. The van der Waals surface area contributed by atoms with Gasteiger partial charge in [0.2, 0.25) is 0 Å². The average molecular weight is 480 g/mol. The summed E-state index contributed by atoms with van der Waals surface area (Å²) < 4.78 is 1.29. The van der Waals surface area contributed by atoms with E-state index in [4.69, 9.17) is 10.0 Å². The maximum atomic E-state index is 8.58. The monoisotopic (exact) mass is 480 g/mol. The maximum absolute atomic E-state index is 8.58. The summed E-state index contributed by atoms with van der Waals surface area (Å²) >= 11 is 2.28. The van der Waals surface area contributed by atoms with Gasteiger partial charge >= 0.3 is 7.12 Å². The molecule has 0 bridgehead atoms. The molecule has 0 aromatic heterocycles. The van der Waals surface area contributed by atoms with Gasteiger partial charge in [-0.25, -0.2) is 0 Å². The van der Waals surface area contributed by atoms with Crippen molar-refractivity contribution in [3.63, 3.8) is 0 Å². The van der Waals surface area contributed by atoms with Crippen molar-refractivity contribution < 1.29 is 10.0 Å². The van der Waals surface area contributed by atoms with Crippen molar-refractivity contribution in [2.75, 3.05) is 0 Å². The van der Waals surface area contributed by atoms with Crippen LogP contribution >= 0.6 is 22.6 Å². The quantitative estimate of drug-likeness (QED) is 0.313. The minimum absolute atomic E-state index is 0.525. The minimum Gasteiger partial charge on any atom is -0.423 e. The summed E-state index contributed by atoms with van der Waals surface area (Å²) in [5.74, 6) is 0. The number of hydrogen-bond donors (Lipinski definition) is 2. The van der Waals surface area contributed by atoms with E-state index in [1.165, 1.54) is 14.7 Å². The highest BCUT2D eigenvalue weighted by Gasteiger charge is 2.07. The maximum Gasteiger partial charge on any atom is 0.488 e. The van der Waals surface area contributed by atoms with Crippen LogP contribution in [0, 0.1) is 3.57 Å². The summed E-state index contributed by atoms with van der Waals surface area (Å²) in [5.41, 5.74) is 3.08. The van der Waals surface area contributed by atoms with E-state index in [1.807, 2.05) is 36.4 Å². The molecule has 0 radical (unpaired) electrons. The molecule has 0 aliphatic heterocycles. The van der Waals surface area contributed by atoms with Crippen LogP contribution < -0.4 is 5.46 Å². The Kier molecular flexibility index (Phi) is 10.1. The van der Waals surface area contributed by atoms with Crippen molar-refractivity contribution >= 4 is 35.2 Å². The minimum atomic E-state index is -1.34. The summed E-state index contributed by atoms with van der Waals surface area (Å²) in [6.45, 7) is 0. The van der Waals surface area contributed by atoms with Crippen LogP contribution in [0.2, 0.25) is 0 Å². The first-order valence-electron chi connectivity index (χ1n) is 8.89. The molecule has 0 aliphatic carbocycles. The van der Waals surface area contributed by atoms with Crippen LogP contribution in [-0.2, 0) is 0 Å². The van der Waals surface area contributed by atoms with Gasteiger partial charge in [0.1, 0.15) is 0 Å². The molecule has 0 spiro atoms. The second-order valence-electron chi connectivity index (χ2n) is 5.81. The molecule has 0 heterocycles. The van der Waals surface area contributed by atoms with Crippen molar-refractivity contribution in [3.05, 3.63) is 125 Å². The molecule has 4 aromatic carbocycles. The fourth-order valence-electron chi connectivity index (χ4n) is 2.30. The third kappa shape index (κ3) is 8.52. The Labute approximate surface area is 180 Å². The predicted molar refractivity (Wildman–Crippen MR) is 127 cm³/mol. The molecule has 0 fully saturated rings. The van der Waals surface area contributed by atoms with E-state index < -0.39 is 7.12 Å². The lowest BCUT2D eigenvalue weighted by Gasteiger charge is -1.98. The van der Waals surface area contributed by atoms with Gasteiger partial charge in [0.15, 0.2) is 0 Å². The van der Waals surface area contributed by atoms with Crippen LogP contribution in [0.15, 0.2) is 121 Å². The second-order valence-corrected chi connectivity index (χ2v) is 7.06. The Morgan fingerprint density at radius 3 is 1.04 bits per heavy atom. The molecule has 2 nitrogen and oxygen atoms in total.